The van der Waals surface area contributed by atoms with E-state index in [1.54, 1.807) is 0 Å². The van der Waals surface area contributed by atoms with Gasteiger partial charge in [-0.15, -0.1) is 0 Å². The first kappa shape index (κ1) is 44.5. The van der Waals surface area contributed by atoms with Crippen molar-refractivity contribution in [3.05, 3.63) is 217 Å². The van der Waals surface area contributed by atoms with Gasteiger partial charge >= 0.3 is 0 Å². The van der Waals surface area contributed by atoms with Crippen molar-refractivity contribution in [1.29, 1.82) is 0 Å². The lowest BCUT2D eigenvalue weighted by molar-refractivity contribution is 0.411. The third kappa shape index (κ3) is 8.10. The molecule has 2 heteroatoms. The van der Waals surface area contributed by atoms with Crippen LogP contribution in [-0.2, 0) is 17.3 Å². The van der Waals surface area contributed by atoms with Gasteiger partial charge in [-0.1, -0.05) is 184 Å². The summed E-state index contributed by atoms with van der Waals surface area (Å²) in [4.78, 5) is 0. The van der Waals surface area contributed by atoms with E-state index in [2.05, 4.69) is 272 Å². The van der Waals surface area contributed by atoms with Crippen LogP contribution in [0.1, 0.15) is 79.0 Å². The Morgan fingerprint density at radius 3 is 1.13 bits per heavy atom. The van der Waals surface area contributed by atoms with E-state index in [4.69, 9.17) is 0 Å². The summed E-state index contributed by atoms with van der Waals surface area (Å²) in [6.07, 6.45) is 1.01. The zero-order valence-corrected chi connectivity index (χ0v) is 42.7. The van der Waals surface area contributed by atoms with Crippen LogP contribution < -0.4 is 0 Å². The molecule has 10 aromatic carbocycles. The highest BCUT2D eigenvalue weighted by Crippen LogP contribution is 2.42. The van der Waals surface area contributed by atoms with E-state index in [0.29, 0.717) is 0 Å². The minimum absolute atomic E-state index is 0.0747. The van der Waals surface area contributed by atoms with E-state index in [1.807, 2.05) is 0 Å². The molecule has 12 aromatic rings. The first-order chi connectivity index (χ1) is 34.0. The van der Waals surface area contributed by atoms with Gasteiger partial charge in [-0.2, -0.15) is 0 Å². The fourth-order valence-electron chi connectivity index (χ4n) is 11.2. The quantitative estimate of drug-likeness (QED) is 0.157. The molecule has 2 heterocycles. The topological polar surface area (TPSA) is 9.86 Å². The molecule has 12 rings (SSSR count). The van der Waals surface area contributed by atoms with Crippen molar-refractivity contribution in [2.75, 3.05) is 0 Å². The van der Waals surface area contributed by atoms with Gasteiger partial charge < -0.3 is 9.13 Å². The van der Waals surface area contributed by atoms with Gasteiger partial charge in [0.25, 0.3) is 0 Å². The highest BCUT2D eigenvalue weighted by atomic mass is 15.0. The van der Waals surface area contributed by atoms with Crippen LogP contribution in [0.2, 0.25) is 0 Å². The van der Waals surface area contributed by atoms with Crippen LogP contribution in [-0.4, -0.2) is 9.13 Å². The van der Waals surface area contributed by atoms with Gasteiger partial charge in [-0.05, 0) is 173 Å². The molecule has 0 saturated heterocycles. The molecule has 0 radical (unpaired) electrons. The Morgan fingerprint density at radius 1 is 0.296 bits per heavy atom. The molecular weight excluding hydrogens is 857 g/mol. The standard InChI is InChI=1S/C69H62N2/c1-67(2,3)43-44-22-31-66-62(32-44)61-18-12-15-21-65(61)71(66)58-41-54(40-57(42-58)70-63-19-13-10-16-59(63)60-17-11-14-20-64(60)70)53-36-51(47-23-25-49-38-55(68(4,5)6)29-27-45(49)33-47)35-52(37-53)48-24-26-50-39-56(69(7,8)9)30-28-46(50)34-48/h10-42H,43H2,1-9H3. The molecule has 0 atom stereocenters. The Bertz CT molecular complexity index is 3910. The third-order valence-electron chi connectivity index (χ3n) is 14.8. The average Bonchev–Trinajstić information content (AvgIpc) is 3.87. The number of nitrogens with zero attached hydrogens (tertiary/aromatic N) is 2. The van der Waals surface area contributed by atoms with Crippen LogP contribution in [0.4, 0.5) is 0 Å². The molecule has 0 unspecified atom stereocenters. The number of hydrogen-bond donors (Lipinski definition) is 0. The molecule has 0 fully saturated rings. The lowest BCUT2D eigenvalue weighted by Gasteiger charge is -2.20. The monoisotopic (exact) mass is 918 g/mol. The lowest BCUT2D eigenvalue weighted by atomic mass is 9.85. The van der Waals surface area contributed by atoms with Gasteiger partial charge in [-0.3, -0.25) is 0 Å². The van der Waals surface area contributed by atoms with Gasteiger partial charge in [0.05, 0.1) is 22.1 Å². The zero-order valence-electron chi connectivity index (χ0n) is 42.7. The largest absolute Gasteiger partial charge is 0.309 e. The van der Waals surface area contributed by atoms with Crippen LogP contribution in [0.25, 0.3) is 110 Å². The van der Waals surface area contributed by atoms with E-state index in [1.165, 1.54) is 110 Å². The second-order valence-electron chi connectivity index (χ2n) is 23.4. The van der Waals surface area contributed by atoms with E-state index < -0.39 is 0 Å². The Hall–Kier alpha value is -7.68. The van der Waals surface area contributed by atoms with Gasteiger partial charge in [-0.25, -0.2) is 0 Å². The van der Waals surface area contributed by atoms with Crippen molar-refractivity contribution >= 4 is 65.2 Å². The molecule has 71 heavy (non-hydrogen) atoms. The number of benzene rings is 10. The van der Waals surface area contributed by atoms with E-state index in [0.717, 1.165) is 23.4 Å². The van der Waals surface area contributed by atoms with Crippen molar-refractivity contribution in [2.45, 2.75) is 79.6 Å². The molecule has 0 aliphatic heterocycles. The molecule has 0 N–H and O–H groups in total. The summed E-state index contributed by atoms with van der Waals surface area (Å²) in [5.74, 6) is 0. The van der Waals surface area contributed by atoms with Crippen LogP contribution >= 0.6 is 0 Å². The van der Waals surface area contributed by atoms with Gasteiger partial charge in [0.2, 0.25) is 0 Å². The SMILES string of the molecule is CC(C)(C)Cc1ccc2c(c1)c1ccccc1n2-c1cc(-c2cc(-c3ccc4cc(C(C)(C)C)ccc4c3)cc(-c3ccc4cc(C(C)(C)C)ccc4c3)c2)cc(-n2c3ccccc3c3ccccc32)c1. The number of aromatic nitrogens is 2. The van der Waals surface area contributed by atoms with Gasteiger partial charge in [0.15, 0.2) is 0 Å². The molecule has 0 bridgehead atoms. The van der Waals surface area contributed by atoms with Crippen molar-refractivity contribution in [3.63, 3.8) is 0 Å². The van der Waals surface area contributed by atoms with Crippen LogP contribution in [0.3, 0.4) is 0 Å². The van der Waals surface area contributed by atoms with Crippen molar-refractivity contribution < 1.29 is 0 Å². The summed E-state index contributed by atoms with van der Waals surface area (Å²) < 4.78 is 4.98. The second-order valence-corrected chi connectivity index (χ2v) is 23.4. The van der Waals surface area contributed by atoms with Gasteiger partial charge in [0.1, 0.15) is 0 Å². The highest BCUT2D eigenvalue weighted by Gasteiger charge is 2.21. The third-order valence-corrected chi connectivity index (χ3v) is 14.8. The van der Waals surface area contributed by atoms with Crippen molar-refractivity contribution in [2.24, 2.45) is 5.41 Å². The van der Waals surface area contributed by atoms with Crippen molar-refractivity contribution in [1.82, 2.24) is 9.13 Å². The average molecular weight is 919 g/mol. The highest BCUT2D eigenvalue weighted by molar-refractivity contribution is 6.11. The number of rotatable bonds is 6. The summed E-state index contributed by atoms with van der Waals surface area (Å²) in [6.45, 7) is 20.7. The molecule has 0 aliphatic rings. The second kappa shape index (κ2) is 16.5. The van der Waals surface area contributed by atoms with E-state index in [-0.39, 0.29) is 16.2 Å². The fourth-order valence-corrected chi connectivity index (χ4v) is 11.2. The molecule has 0 aliphatic carbocycles. The summed E-state index contributed by atoms with van der Waals surface area (Å²) in [6, 6.07) is 76.3. The molecular formula is C69H62N2. The smallest absolute Gasteiger partial charge is 0.0541 e. The maximum Gasteiger partial charge on any atom is 0.0541 e. The first-order valence-electron chi connectivity index (χ1n) is 25.4. The van der Waals surface area contributed by atoms with Gasteiger partial charge in [0, 0.05) is 32.9 Å². The lowest BCUT2D eigenvalue weighted by Crippen LogP contribution is -2.10. The molecule has 0 amide bonds. The normalized spacial score (nSPS) is 12.6. The predicted molar refractivity (Wildman–Crippen MR) is 307 cm³/mol. The minimum Gasteiger partial charge on any atom is -0.309 e. The molecule has 0 saturated carbocycles. The Labute approximate surface area is 418 Å². The molecule has 2 nitrogen and oxygen atoms in total. The van der Waals surface area contributed by atoms with Crippen molar-refractivity contribution in [3.8, 4) is 44.8 Å². The summed E-state index contributed by atoms with van der Waals surface area (Å²) >= 11 is 0. The number of fused-ring (bicyclic) bond motifs is 8. The molecule has 2 aromatic heterocycles. The number of para-hydroxylation sites is 3. The Morgan fingerprint density at radius 2 is 0.676 bits per heavy atom. The summed E-state index contributed by atoms with van der Waals surface area (Å²) in [5, 5.41) is 10.1. The zero-order chi connectivity index (χ0) is 49.0. The van der Waals surface area contributed by atoms with E-state index in [9.17, 15) is 0 Å². The number of hydrogen-bond acceptors (Lipinski definition) is 0. The van der Waals surface area contributed by atoms with Crippen LogP contribution in [0, 0.1) is 5.41 Å². The van der Waals surface area contributed by atoms with Crippen LogP contribution in [0.15, 0.2) is 200 Å². The molecule has 0 spiro atoms. The predicted octanol–water partition coefficient (Wildman–Crippen LogP) is 19.4. The molecule has 348 valence electrons. The fraction of sp³-hybridized carbons (Fsp3) is 0.188. The summed E-state index contributed by atoms with van der Waals surface area (Å²) in [5.41, 5.74) is 18.5. The Balaban J connectivity index is 1.13. The minimum atomic E-state index is 0.0747. The Kier molecular flexibility index (Phi) is 10.3. The maximum absolute atomic E-state index is 2.50. The van der Waals surface area contributed by atoms with E-state index >= 15 is 0 Å². The van der Waals surface area contributed by atoms with Crippen LogP contribution in [0.5, 0.6) is 0 Å². The first-order valence-corrected chi connectivity index (χ1v) is 25.4. The maximum atomic E-state index is 2.50. The summed E-state index contributed by atoms with van der Waals surface area (Å²) in [7, 11) is 0.